The van der Waals surface area contributed by atoms with E-state index in [1.165, 1.54) is 6.07 Å². The first-order chi connectivity index (χ1) is 6.20. The summed E-state index contributed by atoms with van der Waals surface area (Å²) in [5.41, 5.74) is 0.352. The Morgan fingerprint density at radius 3 is 2.92 bits per heavy atom. The summed E-state index contributed by atoms with van der Waals surface area (Å²) in [4.78, 5) is 10.6. The van der Waals surface area contributed by atoms with Crippen LogP contribution < -0.4 is 0 Å². The van der Waals surface area contributed by atoms with Crippen LogP contribution in [0.15, 0.2) is 18.2 Å². The van der Waals surface area contributed by atoms with Gasteiger partial charge in [0.25, 0.3) is 0 Å². The number of aromatic nitrogens is 2. The number of carbonyl (C=O) groups is 1. The van der Waals surface area contributed by atoms with Gasteiger partial charge in [0.15, 0.2) is 5.69 Å². The number of benzene rings is 1. The Morgan fingerprint density at radius 1 is 1.46 bits per heavy atom. The zero-order chi connectivity index (χ0) is 9.42. The number of aromatic carboxylic acids is 1. The molecule has 0 aliphatic carbocycles. The van der Waals surface area contributed by atoms with Crippen LogP contribution in [0.25, 0.3) is 10.9 Å². The molecular formula is C8H6N2O3. The molecule has 5 heteroatoms. The second-order valence-corrected chi connectivity index (χ2v) is 2.58. The fourth-order valence-electron chi connectivity index (χ4n) is 1.21. The standard InChI is InChI=1S/C8H6N2O3/c11-5-3-1-2-4-6(5)7(8(12)13)10-9-4/h1-3,11H,(H,9,10)(H,12,13). The monoisotopic (exact) mass is 178 g/mol. The zero-order valence-corrected chi connectivity index (χ0v) is 6.48. The van der Waals surface area contributed by atoms with Gasteiger partial charge in [0.05, 0.1) is 10.9 Å². The van der Waals surface area contributed by atoms with Gasteiger partial charge in [-0.25, -0.2) is 4.79 Å². The highest BCUT2D eigenvalue weighted by Gasteiger charge is 2.14. The van der Waals surface area contributed by atoms with Gasteiger partial charge < -0.3 is 10.2 Å². The van der Waals surface area contributed by atoms with E-state index in [0.717, 1.165) is 0 Å². The highest BCUT2D eigenvalue weighted by Crippen LogP contribution is 2.25. The van der Waals surface area contributed by atoms with Crippen LogP contribution in [0.5, 0.6) is 5.75 Å². The summed E-state index contributed by atoms with van der Waals surface area (Å²) in [6.07, 6.45) is 0. The van der Waals surface area contributed by atoms with E-state index in [4.69, 9.17) is 5.11 Å². The molecule has 2 aromatic rings. The van der Waals surface area contributed by atoms with Crippen LogP contribution in [0.1, 0.15) is 10.5 Å². The summed E-state index contributed by atoms with van der Waals surface area (Å²) in [6.45, 7) is 0. The van der Waals surface area contributed by atoms with Gasteiger partial charge in [0.1, 0.15) is 5.75 Å². The fourth-order valence-corrected chi connectivity index (χ4v) is 1.21. The number of hydrogen-bond acceptors (Lipinski definition) is 3. The molecule has 13 heavy (non-hydrogen) atoms. The van der Waals surface area contributed by atoms with Gasteiger partial charge in [-0.2, -0.15) is 5.10 Å². The molecule has 0 saturated heterocycles. The van der Waals surface area contributed by atoms with Crippen LogP contribution in [0.3, 0.4) is 0 Å². The van der Waals surface area contributed by atoms with Gasteiger partial charge in [-0.05, 0) is 12.1 Å². The average molecular weight is 178 g/mol. The molecule has 5 nitrogen and oxygen atoms in total. The Bertz CT molecular complexity index is 475. The fraction of sp³-hybridized carbons (Fsp3) is 0. The molecule has 3 N–H and O–H groups in total. The molecule has 66 valence electrons. The second kappa shape index (κ2) is 2.48. The summed E-state index contributed by atoms with van der Waals surface area (Å²) in [5, 5.41) is 24.4. The highest BCUT2D eigenvalue weighted by atomic mass is 16.4. The number of H-pyrrole nitrogens is 1. The predicted molar refractivity (Wildman–Crippen MR) is 44.7 cm³/mol. The molecule has 0 spiro atoms. The van der Waals surface area contributed by atoms with Crippen LogP contribution >= 0.6 is 0 Å². The van der Waals surface area contributed by atoms with Crippen molar-refractivity contribution in [2.75, 3.05) is 0 Å². The van der Waals surface area contributed by atoms with Crippen LogP contribution in [-0.4, -0.2) is 26.4 Å². The van der Waals surface area contributed by atoms with Crippen molar-refractivity contribution in [1.29, 1.82) is 0 Å². The molecular weight excluding hydrogens is 172 g/mol. The Labute approximate surface area is 72.6 Å². The van der Waals surface area contributed by atoms with Crippen LogP contribution in [0, 0.1) is 0 Å². The number of phenols is 1. The van der Waals surface area contributed by atoms with Crippen molar-refractivity contribution in [2.24, 2.45) is 0 Å². The first kappa shape index (κ1) is 7.60. The van der Waals surface area contributed by atoms with Crippen molar-refractivity contribution in [3.63, 3.8) is 0 Å². The maximum atomic E-state index is 10.6. The lowest BCUT2D eigenvalue weighted by Gasteiger charge is -1.93. The van der Waals surface area contributed by atoms with Crippen molar-refractivity contribution in [3.05, 3.63) is 23.9 Å². The summed E-state index contributed by atoms with van der Waals surface area (Å²) in [5.74, 6) is -1.24. The number of fused-ring (bicyclic) bond motifs is 1. The first-order valence-electron chi connectivity index (χ1n) is 3.59. The molecule has 0 bridgehead atoms. The number of nitrogens with one attached hydrogen (secondary N) is 1. The van der Waals surface area contributed by atoms with Crippen LogP contribution in [-0.2, 0) is 0 Å². The highest BCUT2D eigenvalue weighted by molar-refractivity contribution is 6.03. The van der Waals surface area contributed by atoms with Crippen molar-refractivity contribution < 1.29 is 15.0 Å². The lowest BCUT2D eigenvalue weighted by atomic mass is 10.2. The minimum atomic E-state index is -1.16. The largest absolute Gasteiger partial charge is 0.507 e. The lowest BCUT2D eigenvalue weighted by Crippen LogP contribution is -1.96. The molecule has 1 heterocycles. The summed E-state index contributed by atoms with van der Waals surface area (Å²) < 4.78 is 0. The Balaban J connectivity index is 2.86. The topological polar surface area (TPSA) is 86.2 Å². The first-order valence-corrected chi connectivity index (χ1v) is 3.59. The molecule has 0 radical (unpaired) electrons. The molecule has 1 aromatic carbocycles. The number of aromatic amines is 1. The van der Waals surface area contributed by atoms with Crippen LogP contribution in [0.2, 0.25) is 0 Å². The van der Waals surface area contributed by atoms with Gasteiger partial charge in [-0.1, -0.05) is 6.07 Å². The average Bonchev–Trinajstić information content (AvgIpc) is 2.49. The van der Waals surface area contributed by atoms with E-state index in [1.54, 1.807) is 12.1 Å². The van der Waals surface area contributed by atoms with E-state index in [0.29, 0.717) is 5.52 Å². The van der Waals surface area contributed by atoms with Crippen molar-refractivity contribution in [2.45, 2.75) is 0 Å². The third kappa shape index (κ3) is 1.01. The third-order valence-corrected chi connectivity index (χ3v) is 1.77. The number of carboxylic acids is 1. The Morgan fingerprint density at radius 2 is 2.23 bits per heavy atom. The Kier molecular flexibility index (Phi) is 1.45. The van der Waals surface area contributed by atoms with Crippen molar-refractivity contribution in [1.82, 2.24) is 10.2 Å². The quantitative estimate of drug-likeness (QED) is 0.607. The van der Waals surface area contributed by atoms with Gasteiger partial charge >= 0.3 is 5.97 Å². The van der Waals surface area contributed by atoms with Gasteiger partial charge in [-0.15, -0.1) is 0 Å². The SMILES string of the molecule is O=C(O)c1n[nH]c2cccc(O)c12. The number of phenolic OH excluding ortho intramolecular Hbond substituents is 1. The van der Waals surface area contributed by atoms with E-state index < -0.39 is 5.97 Å². The second-order valence-electron chi connectivity index (χ2n) is 2.58. The molecule has 0 aliphatic heterocycles. The summed E-state index contributed by atoms with van der Waals surface area (Å²) in [7, 11) is 0. The molecule has 0 aliphatic rings. The molecule has 0 atom stereocenters. The van der Waals surface area contributed by atoms with E-state index >= 15 is 0 Å². The number of rotatable bonds is 1. The predicted octanol–water partition coefficient (Wildman–Crippen LogP) is 0.967. The van der Waals surface area contributed by atoms with Gasteiger partial charge in [-0.3, -0.25) is 5.10 Å². The molecule has 2 rings (SSSR count). The minimum Gasteiger partial charge on any atom is -0.507 e. The third-order valence-electron chi connectivity index (χ3n) is 1.77. The van der Waals surface area contributed by atoms with E-state index in [9.17, 15) is 9.90 Å². The molecule has 1 aromatic heterocycles. The lowest BCUT2D eigenvalue weighted by molar-refractivity contribution is 0.0692. The van der Waals surface area contributed by atoms with Gasteiger partial charge in [0, 0.05) is 0 Å². The van der Waals surface area contributed by atoms with E-state index in [-0.39, 0.29) is 16.8 Å². The van der Waals surface area contributed by atoms with Gasteiger partial charge in [0.2, 0.25) is 0 Å². The molecule has 0 unspecified atom stereocenters. The van der Waals surface area contributed by atoms with Crippen molar-refractivity contribution >= 4 is 16.9 Å². The number of aromatic hydroxyl groups is 1. The van der Waals surface area contributed by atoms with E-state index in [2.05, 4.69) is 10.2 Å². The number of hydrogen-bond donors (Lipinski definition) is 3. The number of nitrogens with zero attached hydrogens (tertiary/aromatic N) is 1. The zero-order valence-electron chi connectivity index (χ0n) is 6.48. The summed E-state index contributed by atoms with van der Waals surface area (Å²) in [6, 6.07) is 4.68. The maximum Gasteiger partial charge on any atom is 0.357 e. The van der Waals surface area contributed by atoms with E-state index in [1.807, 2.05) is 0 Å². The molecule has 0 saturated carbocycles. The Hall–Kier alpha value is -2.04. The summed E-state index contributed by atoms with van der Waals surface area (Å²) >= 11 is 0. The number of carboxylic acid groups (broad SMARTS) is 1. The normalized spacial score (nSPS) is 10.5. The van der Waals surface area contributed by atoms with Crippen LogP contribution in [0.4, 0.5) is 0 Å². The molecule has 0 fully saturated rings. The maximum absolute atomic E-state index is 10.6. The van der Waals surface area contributed by atoms with Crippen molar-refractivity contribution in [3.8, 4) is 5.75 Å². The smallest absolute Gasteiger partial charge is 0.357 e. The molecule has 0 amide bonds. The minimum absolute atomic E-state index is 0.0800.